The van der Waals surface area contributed by atoms with E-state index in [0.29, 0.717) is 35.3 Å². The molecule has 158 valence electrons. The van der Waals surface area contributed by atoms with Crippen molar-refractivity contribution in [2.45, 2.75) is 37.5 Å². The first kappa shape index (κ1) is 20.6. The van der Waals surface area contributed by atoms with Gasteiger partial charge in [0.15, 0.2) is 5.76 Å². The van der Waals surface area contributed by atoms with Crippen LogP contribution in [0.15, 0.2) is 51.8 Å². The van der Waals surface area contributed by atoms with Gasteiger partial charge >= 0.3 is 0 Å². The van der Waals surface area contributed by atoms with Crippen LogP contribution in [0.4, 0.5) is 10.1 Å². The number of benzene rings is 2. The van der Waals surface area contributed by atoms with Gasteiger partial charge < -0.3 is 9.73 Å². The number of rotatable bonds is 4. The Bertz CT molecular complexity index is 1200. The quantitative estimate of drug-likeness (QED) is 0.651. The third kappa shape index (κ3) is 3.97. The van der Waals surface area contributed by atoms with E-state index in [2.05, 4.69) is 5.32 Å². The number of furan rings is 1. The number of nitrogens with zero attached hydrogens (tertiary/aromatic N) is 1. The number of carbonyl (C=O) groups is 1. The third-order valence-electron chi connectivity index (χ3n) is 5.40. The van der Waals surface area contributed by atoms with Crippen molar-refractivity contribution in [1.82, 2.24) is 4.31 Å². The van der Waals surface area contributed by atoms with Crippen molar-refractivity contribution in [3.05, 3.63) is 59.6 Å². The standard InChI is InChI=1S/C22H23FN2O4S/c1-15-19-13-16(23)9-10-20(19)29-21(15)22(26)24-17-7-6-8-18(14-17)30(27,28)25-11-4-2-3-5-12-25/h6-10,13-14H,2-5,11-12H2,1H3,(H,24,26). The van der Waals surface area contributed by atoms with E-state index in [9.17, 15) is 17.6 Å². The van der Waals surface area contributed by atoms with Gasteiger partial charge in [0, 0.05) is 29.7 Å². The van der Waals surface area contributed by atoms with E-state index in [-0.39, 0.29) is 10.7 Å². The summed E-state index contributed by atoms with van der Waals surface area (Å²) >= 11 is 0. The van der Waals surface area contributed by atoms with Crippen LogP contribution in [0, 0.1) is 12.7 Å². The second kappa shape index (κ2) is 8.20. The molecule has 1 fully saturated rings. The molecule has 2 heterocycles. The Morgan fingerprint density at radius 1 is 1.07 bits per heavy atom. The van der Waals surface area contributed by atoms with Crippen molar-refractivity contribution in [2.24, 2.45) is 0 Å². The zero-order valence-electron chi connectivity index (χ0n) is 16.7. The highest BCUT2D eigenvalue weighted by Crippen LogP contribution is 2.27. The molecule has 1 N–H and O–H groups in total. The van der Waals surface area contributed by atoms with Crippen molar-refractivity contribution >= 4 is 32.6 Å². The lowest BCUT2D eigenvalue weighted by Gasteiger charge is -2.20. The first-order valence-electron chi connectivity index (χ1n) is 9.96. The monoisotopic (exact) mass is 430 g/mol. The molecule has 0 unspecified atom stereocenters. The van der Waals surface area contributed by atoms with Crippen molar-refractivity contribution < 1.29 is 22.0 Å². The van der Waals surface area contributed by atoms with Gasteiger partial charge in [-0.1, -0.05) is 18.9 Å². The summed E-state index contributed by atoms with van der Waals surface area (Å²) in [6, 6.07) is 10.3. The van der Waals surface area contributed by atoms with E-state index >= 15 is 0 Å². The predicted molar refractivity (Wildman–Crippen MR) is 113 cm³/mol. The summed E-state index contributed by atoms with van der Waals surface area (Å²) in [5.74, 6) is -0.866. The maximum atomic E-state index is 13.5. The molecule has 0 aliphatic carbocycles. The molecule has 2 aromatic carbocycles. The Morgan fingerprint density at radius 2 is 1.80 bits per heavy atom. The third-order valence-corrected chi connectivity index (χ3v) is 7.29. The Hall–Kier alpha value is -2.71. The summed E-state index contributed by atoms with van der Waals surface area (Å²) in [6.45, 7) is 2.70. The van der Waals surface area contributed by atoms with Crippen LogP contribution in [0.2, 0.25) is 0 Å². The molecule has 0 spiro atoms. The number of fused-ring (bicyclic) bond motifs is 1. The van der Waals surface area contributed by atoms with E-state index in [1.807, 2.05) is 0 Å². The number of carbonyl (C=O) groups excluding carboxylic acids is 1. The Kier molecular flexibility index (Phi) is 5.62. The molecule has 1 aromatic heterocycles. The predicted octanol–water partition coefficient (Wildman–Crippen LogP) is 4.70. The highest BCUT2D eigenvalue weighted by Gasteiger charge is 2.26. The number of sulfonamides is 1. The van der Waals surface area contributed by atoms with Crippen LogP contribution in [-0.4, -0.2) is 31.7 Å². The molecule has 0 bridgehead atoms. The second-order valence-electron chi connectivity index (χ2n) is 7.50. The first-order valence-corrected chi connectivity index (χ1v) is 11.4. The van der Waals surface area contributed by atoms with Crippen LogP contribution in [0.5, 0.6) is 0 Å². The maximum absolute atomic E-state index is 13.5. The van der Waals surface area contributed by atoms with Crippen molar-refractivity contribution in [3.8, 4) is 0 Å². The van der Waals surface area contributed by atoms with Crippen molar-refractivity contribution in [1.29, 1.82) is 0 Å². The molecule has 1 aliphatic heterocycles. The molecule has 6 nitrogen and oxygen atoms in total. The minimum Gasteiger partial charge on any atom is -0.451 e. The average Bonchev–Trinajstić information content (AvgIpc) is 2.89. The van der Waals surface area contributed by atoms with Gasteiger partial charge in [0.2, 0.25) is 10.0 Å². The second-order valence-corrected chi connectivity index (χ2v) is 9.43. The van der Waals surface area contributed by atoms with E-state index in [4.69, 9.17) is 4.42 Å². The van der Waals surface area contributed by atoms with Gasteiger partial charge in [-0.3, -0.25) is 4.79 Å². The van der Waals surface area contributed by atoms with E-state index in [0.717, 1.165) is 25.7 Å². The van der Waals surface area contributed by atoms with Crippen molar-refractivity contribution in [2.75, 3.05) is 18.4 Å². The molecule has 1 saturated heterocycles. The van der Waals surface area contributed by atoms with Crippen LogP contribution in [-0.2, 0) is 10.0 Å². The minimum atomic E-state index is -3.62. The number of hydrogen-bond acceptors (Lipinski definition) is 4. The number of amides is 1. The molecule has 0 saturated carbocycles. The molecule has 0 atom stereocenters. The fraction of sp³-hybridized carbons (Fsp3) is 0.318. The number of halogens is 1. The highest BCUT2D eigenvalue weighted by molar-refractivity contribution is 7.89. The van der Waals surface area contributed by atoms with Gasteiger partial charge in [0.05, 0.1) is 4.90 Å². The average molecular weight is 431 g/mol. The normalized spacial score (nSPS) is 15.8. The van der Waals surface area contributed by atoms with Gasteiger partial charge in [-0.25, -0.2) is 12.8 Å². The van der Waals surface area contributed by atoms with E-state index < -0.39 is 21.7 Å². The Balaban J connectivity index is 1.59. The lowest BCUT2D eigenvalue weighted by molar-refractivity contribution is 0.0998. The van der Waals surface area contributed by atoms with Crippen LogP contribution in [0.3, 0.4) is 0 Å². The lowest BCUT2D eigenvalue weighted by Crippen LogP contribution is -2.32. The molecule has 1 aliphatic rings. The zero-order chi connectivity index (χ0) is 21.3. The molecular weight excluding hydrogens is 407 g/mol. The first-order chi connectivity index (χ1) is 14.4. The topological polar surface area (TPSA) is 79.6 Å². The summed E-state index contributed by atoms with van der Waals surface area (Å²) in [7, 11) is -3.62. The van der Waals surface area contributed by atoms with Crippen LogP contribution >= 0.6 is 0 Å². The molecule has 0 radical (unpaired) electrons. The Labute approximate surface area is 174 Å². The van der Waals surface area contributed by atoms with Gasteiger partial charge in [-0.2, -0.15) is 4.31 Å². The molecule has 1 amide bonds. The lowest BCUT2D eigenvalue weighted by atomic mass is 10.1. The van der Waals surface area contributed by atoms with Gasteiger partial charge in [-0.05, 0) is 56.2 Å². The van der Waals surface area contributed by atoms with Crippen LogP contribution in [0.25, 0.3) is 11.0 Å². The summed E-state index contributed by atoms with van der Waals surface area (Å²) in [5, 5.41) is 3.22. The number of aryl methyl sites for hydroxylation is 1. The molecule has 30 heavy (non-hydrogen) atoms. The fourth-order valence-corrected chi connectivity index (χ4v) is 5.33. The molecule has 3 aromatic rings. The smallest absolute Gasteiger partial charge is 0.291 e. The zero-order valence-corrected chi connectivity index (χ0v) is 17.5. The largest absolute Gasteiger partial charge is 0.451 e. The molecule has 8 heteroatoms. The van der Waals surface area contributed by atoms with Crippen LogP contribution in [0.1, 0.15) is 41.8 Å². The summed E-state index contributed by atoms with van der Waals surface area (Å²) in [4.78, 5) is 12.9. The SMILES string of the molecule is Cc1c(C(=O)Nc2cccc(S(=O)(=O)N3CCCCCC3)c2)oc2ccc(F)cc12. The number of nitrogens with one attached hydrogen (secondary N) is 1. The highest BCUT2D eigenvalue weighted by atomic mass is 32.2. The maximum Gasteiger partial charge on any atom is 0.291 e. The molecular formula is C22H23FN2O4S. The van der Waals surface area contributed by atoms with Crippen LogP contribution < -0.4 is 5.32 Å². The molecule has 4 rings (SSSR count). The van der Waals surface area contributed by atoms with E-state index in [1.165, 1.54) is 34.6 Å². The Morgan fingerprint density at radius 3 is 2.53 bits per heavy atom. The van der Waals surface area contributed by atoms with E-state index in [1.54, 1.807) is 19.1 Å². The summed E-state index contributed by atoms with van der Waals surface area (Å²) in [6.07, 6.45) is 3.76. The minimum absolute atomic E-state index is 0.0661. The van der Waals surface area contributed by atoms with Gasteiger partial charge in [-0.15, -0.1) is 0 Å². The van der Waals surface area contributed by atoms with Gasteiger partial charge in [0.1, 0.15) is 11.4 Å². The van der Waals surface area contributed by atoms with Gasteiger partial charge in [0.25, 0.3) is 5.91 Å². The fourth-order valence-electron chi connectivity index (χ4n) is 3.76. The summed E-state index contributed by atoms with van der Waals surface area (Å²) in [5.41, 5.74) is 1.29. The summed E-state index contributed by atoms with van der Waals surface area (Å²) < 4.78 is 46.6. The number of hydrogen-bond donors (Lipinski definition) is 1. The number of anilines is 1. The van der Waals surface area contributed by atoms with Crippen molar-refractivity contribution in [3.63, 3.8) is 0 Å².